The van der Waals surface area contributed by atoms with Crippen LogP contribution < -0.4 is 10.1 Å². The van der Waals surface area contributed by atoms with Gasteiger partial charge in [0.1, 0.15) is 10.7 Å². The quantitative estimate of drug-likeness (QED) is 0.739. The highest BCUT2D eigenvalue weighted by Crippen LogP contribution is 2.19. The number of thiocarbonyl (C=S) groups is 1. The molecular formula is C21H23ClN2O3S. The van der Waals surface area contributed by atoms with Crippen LogP contribution in [-0.2, 0) is 9.53 Å². The van der Waals surface area contributed by atoms with Crippen LogP contribution >= 0.6 is 23.8 Å². The first-order valence-electron chi connectivity index (χ1n) is 9.13. The van der Waals surface area contributed by atoms with Crippen molar-refractivity contribution in [2.24, 2.45) is 0 Å². The molecule has 28 heavy (non-hydrogen) atoms. The number of amides is 1. The lowest BCUT2D eigenvalue weighted by Crippen LogP contribution is -2.47. The van der Waals surface area contributed by atoms with Crippen LogP contribution in [0.5, 0.6) is 5.75 Å². The van der Waals surface area contributed by atoms with E-state index in [0.717, 1.165) is 23.6 Å². The van der Waals surface area contributed by atoms with E-state index in [4.69, 9.17) is 33.3 Å². The molecule has 0 saturated carbocycles. The number of nitrogens with one attached hydrogen (secondary N) is 1. The molecule has 3 rings (SSSR count). The number of hydrogen-bond acceptors (Lipinski definition) is 4. The predicted octanol–water partition coefficient (Wildman–Crippen LogP) is 4.14. The Kier molecular flexibility index (Phi) is 6.88. The van der Waals surface area contributed by atoms with Crippen LogP contribution in [0.2, 0.25) is 5.02 Å². The van der Waals surface area contributed by atoms with Gasteiger partial charge in [-0.3, -0.25) is 4.79 Å². The first kappa shape index (κ1) is 20.6. The lowest BCUT2D eigenvalue weighted by Gasteiger charge is -2.37. The van der Waals surface area contributed by atoms with E-state index in [1.165, 1.54) is 0 Å². The zero-order chi connectivity index (χ0) is 20.1. The molecule has 1 aliphatic heterocycles. The number of carbonyl (C=O) groups is 1. The molecule has 5 nitrogen and oxygen atoms in total. The average molecular weight is 419 g/mol. The molecule has 1 aliphatic rings. The summed E-state index contributed by atoms with van der Waals surface area (Å²) in [5.74, 6) is 0.356. The van der Waals surface area contributed by atoms with Crippen LogP contribution in [0.25, 0.3) is 0 Å². The molecule has 0 aromatic heterocycles. The first-order valence-corrected chi connectivity index (χ1v) is 9.92. The zero-order valence-electron chi connectivity index (χ0n) is 15.9. The number of anilines is 1. The van der Waals surface area contributed by atoms with Gasteiger partial charge in [-0.05, 0) is 56.3 Å². The lowest BCUT2D eigenvalue weighted by molar-refractivity contribution is -0.118. The van der Waals surface area contributed by atoms with E-state index < -0.39 is 0 Å². The minimum atomic E-state index is -0.252. The van der Waals surface area contributed by atoms with Gasteiger partial charge in [-0.1, -0.05) is 29.9 Å². The summed E-state index contributed by atoms with van der Waals surface area (Å²) < 4.78 is 11.3. The first-order chi connectivity index (χ1) is 13.4. The Balaban J connectivity index is 1.52. The molecule has 2 atom stereocenters. The van der Waals surface area contributed by atoms with E-state index in [-0.39, 0.29) is 24.7 Å². The van der Waals surface area contributed by atoms with E-state index in [9.17, 15) is 4.79 Å². The van der Waals surface area contributed by atoms with Crippen molar-refractivity contribution in [2.75, 3.05) is 25.0 Å². The molecule has 148 valence electrons. The number of carbonyl (C=O) groups excluding carboxylic acids is 1. The molecule has 2 aromatic rings. The molecular weight excluding hydrogens is 396 g/mol. The van der Waals surface area contributed by atoms with Gasteiger partial charge in [-0.2, -0.15) is 0 Å². The minimum Gasteiger partial charge on any atom is -0.484 e. The Morgan fingerprint density at radius 2 is 1.89 bits per heavy atom. The molecule has 0 aliphatic carbocycles. The van der Waals surface area contributed by atoms with Crippen molar-refractivity contribution in [3.8, 4) is 5.75 Å². The zero-order valence-corrected chi connectivity index (χ0v) is 17.4. The number of benzene rings is 2. The van der Waals surface area contributed by atoms with Crippen molar-refractivity contribution in [2.45, 2.75) is 26.1 Å². The van der Waals surface area contributed by atoms with Gasteiger partial charge in [0.15, 0.2) is 6.61 Å². The van der Waals surface area contributed by atoms with Crippen molar-refractivity contribution >= 4 is 40.4 Å². The van der Waals surface area contributed by atoms with Crippen molar-refractivity contribution < 1.29 is 14.3 Å². The highest BCUT2D eigenvalue weighted by molar-refractivity contribution is 7.80. The highest BCUT2D eigenvalue weighted by Gasteiger charge is 2.24. The predicted molar refractivity (Wildman–Crippen MR) is 115 cm³/mol. The van der Waals surface area contributed by atoms with Crippen molar-refractivity contribution in [1.29, 1.82) is 0 Å². The van der Waals surface area contributed by atoms with Crippen molar-refractivity contribution in [3.63, 3.8) is 0 Å². The second-order valence-electron chi connectivity index (χ2n) is 6.84. The number of halogens is 1. The fraction of sp³-hybridized carbons (Fsp3) is 0.333. The summed E-state index contributed by atoms with van der Waals surface area (Å²) in [6.07, 6.45) is 0.310. The maximum atomic E-state index is 12.0. The molecule has 7 heteroatoms. The molecule has 1 saturated heterocycles. The van der Waals surface area contributed by atoms with Gasteiger partial charge in [-0.15, -0.1) is 0 Å². The second kappa shape index (κ2) is 9.37. The van der Waals surface area contributed by atoms with Crippen LogP contribution in [0.3, 0.4) is 0 Å². The summed E-state index contributed by atoms with van der Waals surface area (Å²) in [4.78, 5) is 15.0. The van der Waals surface area contributed by atoms with Crippen LogP contribution in [0, 0.1) is 0 Å². The largest absolute Gasteiger partial charge is 0.484 e. The summed E-state index contributed by atoms with van der Waals surface area (Å²) in [6, 6.07) is 14.4. The van der Waals surface area contributed by atoms with Crippen molar-refractivity contribution in [3.05, 3.63) is 59.1 Å². The molecule has 1 amide bonds. The van der Waals surface area contributed by atoms with Crippen LogP contribution in [0.4, 0.5) is 5.69 Å². The third kappa shape index (κ3) is 5.67. The molecule has 0 unspecified atom stereocenters. The highest BCUT2D eigenvalue weighted by atomic mass is 35.5. The molecule has 0 radical (unpaired) electrons. The Labute approximate surface area is 175 Å². The Bertz CT molecular complexity index is 834. The van der Waals surface area contributed by atoms with Gasteiger partial charge in [-0.25, -0.2) is 0 Å². The van der Waals surface area contributed by atoms with E-state index >= 15 is 0 Å². The second-order valence-corrected chi connectivity index (χ2v) is 7.66. The number of nitrogens with zero attached hydrogens (tertiary/aromatic N) is 1. The van der Waals surface area contributed by atoms with Gasteiger partial charge in [0.05, 0.1) is 12.2 Å². The molecule has 1 N–H and O–H groups in total. The summed E-state index contributed by atoms with van der Waals surface area (Å²) in [5.41, 5.74) is 1.59. The average Bonchev–Trinajstić information content (AvgIpc) is 2.65. The normalized spacial score (nSPS) is 19.2. The van der Waals surface area contributed by atoms with E-state index in [0.29, 0.717) is 16.5 Å². The van der Waals surface area contributed by atoms with Gasteiger partial charge < -0.3 is 19.7 Å². The van der Waals surface area contributed by atoms with Crippen molar-refractivity contribution in [1.82, 2.24) is 4.90 Å². The Morgan fingerprint density at radius 1 is 1.21 bits per heavy atom. The number of rotatable bonds is 5. The standard InChI is InChI=1S/C21H23ClN2O3S/c1-14-11-24(12-15(2)27-14)21(28)16-6-8-19(9-7-16)26-13-20(25)23-18-5-3-4-17(22)10-18/h3-10,14-15H,11-13H2,1-2H3,(H,23,25)/t14-,15-/m0/s1. The number of morpholine rings is 1. The van der Waals surface area contributed by atoms with E-state index in [2.05, 4.69) is 24.1 Å². The third-order valence-corrected chi connectivity index (χ3v) is 5.02. The molecule has 1 heterocycles. The topological polar surface area (TPSA) is 50.8 Å². The van der Waals surface area contributed by atoms with E-state index in [1.807, 2.05) is 24.3 Å². The van der Waals surface area contributed by atoms with Gasteiger partial charge >= 0.3 is 0 Å². The van der Waals surface area contributed by atoms with Gasteiger partial charge in [0.25, 0.3) is 5.91 Å². The maximum absolute atomic E-state index is 12.0. The maximum Gasteiger partial charge on any atom is 0.262 e. The van der Waals surface area contributed by atoms with Crippen LogP contribution in [0.1, 0.15) is 19.4 Å². The van der Waals surface area contributed by atoms with Gasteiger partial charge in [0.2, 0.25) is 0 Å². The fourth-order valence-corrected chi connectivity index (χ4v) is 3.61. The molecule has 0 bridgehead atoms. The smallest absolute Gasteiger partial charge is 0.262 e. The fourth-order valence-electron chi connectivity index (χ4n) is 3.13. The lowest BCUT2D eigenvalue weighted by atomic mass is 10.1. The minimum absolute atomic E-state index is 0.0885. The number of ether oxygens (including phenoxy) is 2. The van der Waals surface area contributed by atoms with Gasteiger partial charge in [0, 0.05) is 29.4 Å². The molecule has 2 aromatic carbocycles. The summed E-state index contributed by atoms with van der Waals surface area (Å²) >= 11 is 11.5. The van der Waals surface area contributed by atoms with E-state index in [1.54, 1.807) is 24.3 Å². The van der Waals surface area contributed by atoms with Crippen LogP contribution in [-0.4, -0.2) is 47.7 Å². The third-order valence-electron chi connectivity index (χ3n) is 4.29. The Morgan fingerprint density at radius 3 is 2.54 bits per heavy atom. The molecule has 1 fully saturated rings. The number of hydrogen-bond donors (Lipinski definition) is 1. The Hall–Kier alpha value is -2.15. The summed E-state index contributed by atoms with van der Waals surface area (Å²) in [5, 5.41) is 3.31. The molecule has 0 spiro atoms. The monoisotopic (exact) mass is 418 g/mol. The van der Waals surface area contributed by atoms with Crippen LogP contribution in [0.15, 0.2) is 48.5 Å². The SMILES string of the molecule is C[C@H]1CN(C(=S)c2ccc(OCC(=O)Nc3cccc(Cl)c3)cc2)C[C@H](C)O1. The summed E-state index contributed by atoms with van der Waals surface area (Å²) in [6.45, 7) is 5.58. The summed E-state index contributed by atoms with van der Waals surface area (Å²) in [7, 11) is 0.